The smallest absolute Gasteiger partial charge is 0.461 e. The second kappa shape index (κ2) is 9.45. The van der Waals surface area contributed by atoms with E-state index in [1.165, 1.54) is 0 Å². The molecule has 3 rings (SSSR count). The Labute approximate surface area is 179 Å². The van der Waals surface area contributed by atoms with Crippen LogP contribution < -0.4 is 0 Å². The van der Waals surface area contributed by atoms with Gasteiger partial charge >= 0.3 is 12.1 Å². The van der Waals surface area contributed by atoms with E-state index in [9.17, 15) is 19.5 Å². The number of hydrogen-bond acceptors (Lipinski definition) is 6. The van der Waals surface area contributed by atoms with E-state index in [1.54, 1.807) is 37.3 Å². The van der Waals surface area contributed by atoms with Crippen molar-refractivity contribution in [2.24, 2.45) is 5.41 Å². The van der Waals surface area contributed by atoms with Crippen LogP contribution in [0.2, 0.25) is 0 Å². The Bertz CT molecular complexity index is 1010. The highest BCUT2D eigenvalue weighted by Crippen LogP contribution is 2.44. The lowest BCUT2D eigenvalue weighted by molar-refractivity contribution is -0.152. The van der Waals surface area contributed by atoms with E-state index in [2.05, 4.69) is 11.8 Å². The van der Waals surface area contributed by atoms with Crippen LogP contribution in [0.25, 0.3) is 0 Å². The van der Waals surface area contributed by atoms with Gasteiger partial charge in [-0.3, -0.25) is 4.79 Å². The van der Waals surface area contributed by atoms with E-state index in [-0.39, 0.29) is 19.6 Å². The highest BCUT2D eigenvalue weighted by Gasteiger charge is 2.63. The largest absolute Gasteiger partial charge is 0.507 e. The average molecular weight is 422 g/mol. The van der Waals surface area contributed by atoms with Crippen molar-refractivity contribution in [3.63, 3.8) is 0 Å². The van der Waals surface area contributed by atoms with Crippen LogP contribution in [0.3, 0.4) is 0 Å². The van der Waals surface area contributed by atoms with Crippen molar-refractivity contribution in [2.45, 2.75) is 25.6 Å². The number of benzene rings is 2. The summed E-state index contributed by atoms with van der Waals surface area (Å²) in [6.07, 6.45) is -1.45. The van der Waals surface area contributed by atoms with Crippen LogP contribution in [-0.4, -0.2) is 41.8 Å². The fraction of sp³-hybridized carbons (Fsp3) is 0.292. The van der Waals surface area contributed by atoms with Crippen molar-refractivity contribution in [3.05, 3.63) is 71.8 Å². The van der Waals surface area contributed by atoms with Crippen LogP contribution in [-0.2, 0) is 25.6 Å². The summed E-state index contributed by atoms with van der Waals surface area (Å²) >= 11 is 0. The summed E-state index contributed by atoms with van der Waals surface area (Å²) < 4.78 is 15.8. The number of rotatable bonds is 7. The van der Waals surface area contributed by atoms with Crippen LogP contribution in [0.5, 0.6) is 0 Å². The van der Waals surface area contributed by atoms with Crippen LogP contribution in [0.1, 0.15) is 29.3 Å². The Hall–Kier alpha value is -3.63. The molecule has 0 aliphatic carbocycles. The molecule has 2 aromatic carbocycles. The number of carboxylic acid groups (broad SMARTS) is 1. The number of Topliss-reactive ketones (excluding diaryl/α,β-unsaturated/α-hetero) is 1. The fourth-order valence-electron chi connectivity index (χ4n) is 3.31. The number of carbonyl (C=O) groups excluding carboxylic acids is 2. The molecule has 0 radical (unpaired) electrons. The molecule has 0 bridgehead atoms. The van der Waals surface area contributed by atoms with E-state index in [4.69, 9.17) is 14.2 Å². The van der Waals surface area contributed by atoms with Crippen LogP contribution in [0.4, 0.5) is 4.79 Å². The summed E-state index contributed by atoms with van der Waals surface area (Å²) in [4.78, 5) is 36.4. The molecule has 1 heterocycles. The molecule has 0 spiro atoms. The molecule has 0 unspecified atom stereocenters. The Morgan fingerprint density at radius 3 is 2.39 bits per heavy atom. The van der Waals surface area contributed by atoms with Gasteiger partial charge in [-0.2, -0.15) is 0 Å². The summed E-state index contributed by atoms with van der Waals surface area (Å²) in [6.45, 7) is 2.09. The summed E-state index contributed by atoms with van der Waals surface area (Å²) in [5.41, 5.74) is -1.96. The first-order chi connectivity index (χ1) is 14.9. The fourth-order valence-corrected chi connectivity index (χ4v) is 3.31. The SMILES string of the molecule is C[C@]1(CCOCc2ccccc2)COC(=O)[C@]1(C#CC(=O)c1ccccc1)OC(=O)O. The van der Waals surface area contributed by atoms with Gasteiger partial charge in [-0.05, 0) is 23.8 Å². The maximum absolute atomic E-state index is 12.6. The molecule has 0 amide bonds. The van der Waals surface area contributed by atoms with Crippen LogP contribution >= 0.6 is 0 Å². The van der Waals surface area contributed by atoms with Crippen molar-refractivity contribution in [1.29, 1.82) is 0 Å². The molecule has 2 atom stereocenters. The zero-order valence-electron chi connectivity index (χ0n) is 17.0. The molecule has 7 heteroatoms. The van der Waals surface area contributed by atoms with Crippen molar-refractivity contribution in [2.75, 3.05) is 13.2 Å². The zero-order chi connectivity index (χ0) is 22.3. The van der Waals surface area contributed by atoms with Gasteiger partial charge in [0.25, 0.3) is 5.60 Å². The standard InChI is InChI=1S/C24H22O7/c1-23(14-15-29-16-18-8-4-2-5-9-18)17-30-21(26)24(23,31-22(27)28)13-12-20(25)19-10-6-3-7-11-19/h2-11H,14-17H2,1H3,(H,27,28)/t23-,24-/m0/s1. The number of cyclic esters (lactones) is 1. The third-order valence-electron chi connectivity index (χ3n) is 5.20. The molecule has 0 aromatic heterocycles. The number of ether oxygens (including phenoxy) is 3. The second-order valence-electron chi connectivity index (χ2n) is 7.42. The van der Waals surface area contributed by atoms with Gasteiger partial charge in [0, 0.05) is 12.2 Å². The Balaban J connectivity index is 1.80. The quantitative estimate of drug-likeness (QED) is 0.240. The highest BCUT2D eigenvalue weighted by atomic mass is 16.7. The normalized spacial score (nSPS) is 22.2. The van der Waals surface area contributed by atoms with E-state index in [1.807, 2.05) is 30.3 Å². The molecule has 0 saturated carbocycles. The Morgan fingerprint density at radius 1 is 1.10 bits per heavy atom. The summed E-state index contributed by atoms with van der Waals surface area (Å²) in [7, 11) is 0. The minimum Gasteiger partial charge on any atom is -0.461 e. The predicted molar refractivity (Wildman–Crippen MR) is 110 cm³/mol. The van der Waals surface area contributed by atoms with Gasteiger partial charge < -0.3 is 19.3 Å². The van der Waals surface area contributed by atoms with Gasteiger partial charge in [0.1, 0.15) is 6.61 Å². The molecule has 1 aliphatic heterocycles. The van der Waals surface area contributed by atoms with E-state index >= 15 is 0 Å². The third kappa shape index (κ3) is 4.93. The monoisotopic (exact) mass is 422 g/mol. The minimum atomic E-state index is -2.13. The number of esters is 1. The second-order valence-corrected chi connectivity index (χ2v) is 7.42. The van der Waals surface area contributed by atoms with Crippen molar-refractivity contribution in [1.82, 2.24) is 0 Å². The molecule has 2 aromatic rings. The van der Waals surface area contributed by atoms with E-state index < -0.39 is 28.9 Å². The predicted octanol–water partition coefficient (Wildman–Crippen LogP) is 3.48. The zero-order valence-corrected chi connectivity index (χ0v) is 17.0. The first-order valence-electron chi connectivity index (χ1n) is 9.70. The Morgan fingerprint density at radius 2 is 1.74 bits per heavy atom. The maximum atomic E-state index is 12.6. The number of carbonyl (C=O) groups is 3. The first kappa shape index (κ1) is 22.1. The van der Waals surface area contributed by atoms with Gasteiger partial charge in [-0.25, -0.2) is 9.59 Å². The molecule has 1 aliphatic rings. The third-order valence-corrected chi connectivity index (χ3v) is 5.20. The molecule has 31 heavy (non-hydrogen) atoms. The molecule has 160 valence electrons. The van der Waals surface area contributed by atoms with E-state index in [0.717, 1.165) is 5.56 Å². The van der Waals surface area contributed by atoms with Crippen LogP contribution in [0.15, 0.2) is 60.7 Å². The molecular formula is C24H22O7. The van der Waals surface area contributed by atoms with Gasteiger partial charge in [0.2, 0.25) is 5.78 Å². The number of ketones is 1. The summed E-state index contributed by atoms with van der Waals surface area (Å²) in [5, 5.41) is 9.28. The molecule has 1 N–H and O–H groups in total. The minimum absolute atomic E-state index is 0.109. The summed E-state index contributed by atoms with van der Waals surface area (Å²) in [5.74, 6) is 3.37. The lowest BCUT2D eigenvalue weighted by atomic mass is 9.73. The average Bonchev–Trinajstić information content (AvgIpc) is 3.01. The Kier molecular flexibility index (Phi) is 6.73. The molecule has 1 fully saturated rings. The number of hydrogen-bond donors (Lipinski definition) is 1. The molecule has 1 saturated heterocycles. The lowest BCUT2D eigenvalue weighted by Gasteiger charge is -2.33. The van der Waals surface area contributed by atoms with Crippen molar-refractivity contribution >= 4 is 17.9 Å². The summed E-state index contributed by atoms with van der Waals surface area (Å²) in [6, 6.07) is 17.8. The van der Waals surface area contributed by atoms with Crippen molar-refractivity contribution < 1.29 is 33.7 Å². The van der Waals surface area contributed by atoms with Crippen molar-refractivity contribution in [3.8, 4) is 11.8 Å². The topological polar surface area (TPSA) is 99.1 Å². The van der Waals surface area contributed by atoms with Gasteiger partial charge in [-0.15, -0.1) is 0 Å². The molecular weight excluding hydrogens is 400 g/mol. The van der Waals surface area contributed by atoms with Gasteiger partial charge in [0.15, 0.2) is 0 Å². The maximum Gasteiger partial charge on any atom is 0.507 e. The van der Waals surface area contributed by atoms with E-state index in [0.29, 0.717) is 12.2 Å². The van der Waals surface area contributed by atoms with Crippen LogP contribution in [0, 0.1) is 17.3 Å². The van der Waals surface area contributed by atoms with Gasteiger partial charge in [-0.1, -0.05) is 67.6 Å². The van der Waals surface area contributed by atoms with Gasteiger partial charge in [0.05, 0.1) is 12.0 Å². The highest BCUT2D eigenvalue weighted by molar-refractivity contribution is 6.09. The lowest BCUT2D eigenvalue weighted by Crippen LogP contribution is -2.51. The molecule has 7 nitrogen and oxygen atoms in total. The first-order valence-corrected chi connectivity index (χ1v) is 9.70.